The summed E-state index contributed by atoms with van der Waals surface area (Å²) in [6, 6.07) is 0.324. The van der Waals surface area contributed by atoms with Gasteiger partial charge in [-0.2, -0.15) is 15.0 Å². The lowest BCUT2D eigenvalue weighted by Crippen LogP contribution is -2.25. The Morgan fingerprint density at radius 3 is 2.33 bits per heavy atom. The second kappa shape index (κ2) is 8.61. The third-order valence-electron chi connectivity index (χ3n) is 2.90. The molecule has 3 N–H and O–H groups in total. The first-order valence-corrected chi connectivity index (χ1v) is 7.48. The number of aromatic nitrogens is 3. The monoisotopic (exact) mass is 297 g/mol. The molecule has 0 amide bonds. The lowest BCUT2D eigenvalue weighted by molar-refractivity contribution is 0.220. The summed E-state index contributed by atoms with van der Waals surface area (Å²) in [5.41, 5.74) is -0.0375. The molecule has 0 aromatic carbocycles. The zero-order chi connectivity index (χ0) is 15.7. The molecule has 7 heteroatoms. The van der Waals surface area contributed by atoms with Crippen LogP contribution in [0.5, 0.6) is 6.01 Å². The molecule has 1 aromatic heterocycles. The molecule has 0 fully saturated rings. The molecular formula is C14H27N5O2. The first-order valence-electron chi connectivity index (χ1n) is 7.48. The van der Waals surface area contributed by atoms with Crippen molar-refractivity contribution in [2.75, 3.05) is 36.9 Å². The molecule has 120 valence electrons. The first-order chi connectivity index (χ1) is 10.0. The molecule has 0 aliphatic heterocycles. The SMILES string of the molecule is CCCOc1nc(NCC)nc(NCC(C)(C)CCO)n1. The van der Waals surface area contributed by atoms with Gasteiger partial charge >= 0.3 is 6.01 Å². The number of nitrogens with zero attached hydrogens (tertiary/aromatic N) is 3. The Morgan fingerprint density at radius 2 is 1.76 bits per heavy atom. The van der Waals surface area contributed by atoms with Gasteiger partial charge in [0.05, 0.1) is 6.61 Å². The van der Waals surface area contributed by atoms with Gasteiger partial charge in [0.15, 0.2) is 0 Å². The fraction of sp³-hybridized carbons (Fsp3) is 0.786. The molecule has 0 saturated heterocycles. The number of aliphatic hydroxyl groups is 1. The highest BCUT2D eigenvalue weighted by Crippen LogP contribution is 2.20. The number of anilines is 2. The highest BCUT2D eigenvalue weighted by molar-refractivity contribution is 5.35. The fourth-order valence-corrected chi connectivity index (χ4v) is 1.64. The largest absolute Gasteiger partial charge is 0.463 e. The van der Waals surface area contributed by atoms with Gasteiger partial charge in [-0.25, -0.2) is 0 Å². The zero-order valence-electron chi connectivity index (χ0n) is 13.4. The molecule has 0 saturated carbocycles. The van der Waals surface area contributed by atoms with Gasteiger partial charge in [-0.05, 0) is 25.2 Å². The summed E-state index contributed by atoms with van der Waals surface area (Å²) < 4.78 is 5.48. The second-order valence-corrected chi connectivity index (χ2v) is 5.64. The first kappa shape index (κ1) is 17.4. The molecule has 1 heterocycles. The van der Waals surface area contributed by atoms with Crippen molar-refractivity contribution in [3.63, 3.8) is 0 Å². The van der Waals surface area contributed by atoms with Crippen LogP contribution in [0.1, 0.15) is 40.5 Å². The molecule has 0 unspecified atom stereocenters. The average Bonchev–Trinajstić information content (AvgIpc) is 2.43. The normalized spacial score (nSPS) is 11.3. The minimum Gasteiger partial charge on any atom is -0.463 e. The molecule has 21 heavy (non-hydrogen) atoms. The van der Waals surface area contributed by atoms with E-state index < -0.39 is 0 Å². The average molecular weight is 297 g/mol. The van der Waals surface area contributed by atoms with E-state index in [1.807, 2.05) is 13.8 Å². The minimum atomic E-state index is -0.0375. The predicted molar refractivity (Wildman–Crippen MR) is 83.8 cm³/mol. The Bertz CT molecular complexity index is 426. The van der Waals surface area contributed by atoms with E-state index in [1.165, 1.54) is 0 Å². The van der Waals surface area contributed by atoms with Crippen LogP contribution in [-0.2, 0) is 0 Å². The summed E-state index contributed by atoms with van der Waals surface area (Å²) in [5.74, 6) is 0.985. The molecule has 0 radical (unpaired) electrons. The van der Waals surface area contributed by atoms with E-state index >= 15 is 0 Å². The third kappa shape index (κ3) is 6.57. The van der Waals surface area contributed by atoms with Gasteiger partial charge in [-0.15, -0.1) is 0 Å². The van der Waals surface area contributed by atoms with E-state index in [4.69, 9.17) is 9.84 Å². The summed E-state index contributed by atoms with van der Waals surface area (Å²) in [4.78, 5) is 12.8. The number of hydrogen-bond donors (Lipinski definition) is 3. The van der Waals surface area contributed by atoms with Gasteiger partial charge in [0, 0.05) is 19.7 Å². The number of ether oxygens (including phenoxy) is 1. The Morgan fingerprint density at radius 1 is 1.10 bits per heavy atom. The van der Waals surface area contributed by atoms with Crippen molar-refractivity contribution in [3.05, 3.63) is 0 Å². The lowest BCUT2D eigenvalue weighted by Gasteiger charge is -2.23. The van der Waals surface area contributed by atoms with Crippen LogP contribution in [-0.4, -0.2) is 46.4 Å². The summed E-state index contributed by atoms with van der Waals surface area (Å²) in [6.07, 6.45) is 1.61. The molecule has 1 rings (SSSR count). The van der Waals surface area contributed by atoms with Crippen molar-refractivity contribution in [2.45, 2.75) is 40.5 Å². The summed E-state index contributed by atoms with van der Waals surface area (Å²) in [5, 5.41) is 15.3. The highest BCUT2D eigenvalue weighted by Gasteiger charge is 2.18. The smallest absolute Gasteiger partial charge is 0.323 e. The Kier molecular flexibility index (Phi) is 7.14. The minimum absolute atomic E-state index is 0.0375. The van der Waals surface area contributed by atoms with Crippen molar-refractivity contribution in [1.29, 1.82) is 0 Å². The van der Waals surface area contributed by atoms with Crippen LogP contribution in [0, 0.1) is 5.41 Å². The van der Waals surface area contributed by atoms with E-state index in [-0.39, 0.29) is 12.0 Å². The Hall–Kier alpha value is -1.63. The van der Waals surface area contributed by atoms with Crippen molar-refractivity contribution in [3.8, 4) is 6.01 Å². The summed E-state index contributed by atoms with van der Waals surface area (Å²) in [7, 11) is 0. The Balaban J connectivity index is 2.77. The summed E-state index contributed by atoms with van der Waals surface area (Å²) >= 11 is 0. The zero-order valence-corrected chi connectivity index (χ0v) is 13.4. The van der Waals surface area contributed by atoms with Crippen LogP contribution in [0.15, 0.2) is 0 Å². The lowest BCUT2D eigenvalue weighted by atomic mass is 9.90. The standard InChI is InChI=1S/C14H27N5O2/c1-5-9-21-13-18-11(15-6-2)17-12(19-13)16-10-14(3,4)7-8-20/h20H,5-10H2,1-4H3,(H2,15,16,17,18,19). The molecule has 0 aliphatic rings. The van der Waals surface area contributed by atoms with E-state index in [0.717, 1.165) is 13.0 Å². The molecule has 7 nitrogen and oxygen atoms in total. The molecule has 0 spiro atoms. The number of rotatable bonds is 10. The number of hydrogen-bond acceptors (Lipinski definition) is 7. The van der Waals surface area contributed by atoms with Gasteiger partial charge in [0.2, 0.25) is 11.9 Å². The highest BCUT2D eigenvalue weighted by atomic mass is 16.5. The maximum atomic E-state index is 9.06. The van der Waals surface area contributed by atoms with Crippen LogP contribution in [0.2, 0.25) is 0 Å². The fourth-order valence-electron chi connectivity index (χ4n) is 1.64. The topological polar surface area (TPSA) is 92.2 Å². The van der Waals surface area contributed by atoms with Crippen LogP contribution >= 0.6 is 0 Å². The third-order valence-corrected chi connectivity index (χ3v) is 2.90. The van der Waals surface area contributed by atoms with Crippen molar-refractivity contribution < 1.29 is 9.84 Å². The number of nitrogens with one attached hydrogen (secondary N) is 2. The van der Waals surface area contributed by atoms with Crippen LogP contribution in [0.3, 0.4) is 0 Å². The molecular weight excluding hydrogens is 270 g/mol. The van der Waals surface area contributed by atoms with E-state index in [0.29, 0.717) is 37.5 Å². The van der Waals surface area contributed by atoms with Crippen LogP contribution in [0.25, 0.3) is 0 Å². The summed E-state index contributed by atoms with van der Waals surface area (Å²) in [6.45, 7) is 10.3. The number of aliphatic hydroxyl groups excluding tert-OH is 1. The molecule has 0 aliphatic carbocycles. The van der Waals surface area contributed by atoms with Gasteiger partial charge < -0.3 is 20.5 Å². The van der Waals surface area contributed by atoms with Crippen molar-refractivity contribution in [1.82, 2.24) is 15.0 Å². The van der Waals surface area contributed by atoms with Gasteiger partial charge in [0.25, 0.3) is 0 Å². The van der Waals surface area contributed by atoms with E-state index in [1.54, 1.807) is 0 Å². The predicted octanol–water partition coefficient (Wildman–Crippen LogP) is 1.91. The van der Waals surface area contributed by atoms with Gasteiger partial charge in [-0.3, -0.25) is 0 Å². The van der Waals surface area contributed by atoms with Gasteiger partial charge in [-0.1, -0.05) is 20.8 Å². The molecule has 1 aromatic rings. The Labute approximate surface area is 126 Å². The quantitative estimate of drug-likeness (QED) is 0.607. The molecule has 0 bridgehead atoms. The maximum absolute atomic E-state index is 9.06. The van der Waals surface area contributed by atoms with Crippen LogP contribution < -0.4 is 15.4 Å². The van der Waals surface area contributed by atoms with Crippen molar-refractivity contribution in [2.24, 2.45) is 5.41 Å². The van der Waals surface area contributed by atoms with E-state index in [9.17, 15) is 0 Å². The molecule has 0 atom stereocenters. The van der Waals surface area contributed by atoms with E-state index in [2.05, 4.69) is 39.4 Å². The maximum Gasteiger partial charge on any atom is 0.323 e. The van der Waals surface area contributed by atoms with Crippen LogP contribution in [0.4, 0.5) is 11.9 Å². The van der Waals surface area contributed by atoms with Gasteiger partial charge in [0.1, 0.15) is 0 Å². The second-order valence-electron chi connectivity index (χ2n) is 5.64. The van der Waals surface area contributed by atoms with Crippen molar-refractivity contribution >= 4 is 11.9 Å².